The van der Waals surface area contributed by atoms with Crippen LogP contribution in [0, 0.1) is 13.8 Å². The lowest BCUT2D eigenvalue weighted by Crippen LogP contribution is -2.22. The Kier molecular flexibility index (Phi) is 4.35. The summed E-state index contributed by atoms with van der Waals surface area (Å²) in [7, 11) is 0. The van der Waals surface area contributed by atoms with Gasteiger partial charge in [-0.15, -0.1) is 0 Å². The average Bonchev–Trinajstić information content (AvgIpc) is 2.87. The van der Waals surface area contributed by atoms with Gasteiger partial charge in [-0.1, -0.05) is 6.92 Å². The van der Waals surface area contributed by atoms with E-state index in [1.165, 1.54) is 12.8 Å². The standard InChI is InChI=1S/C14H22N4O/c1-4-7-12(19)17-13-10(2)15-14(16-11(13)3)18-8-5-6-9-18/h4-9H2,1-3H3,(H,17,19). The summed E-state index contributed by atoms with van der Waals surface area (Å²) in [6.07, 6.45) is 3.79. The van der Waals surface area contributed by atoms with Gasteiger partial charge >= 0.3 is 0 Å². The van der Waals surface area contributed by atoms with E-state index in [4.69, 9.17) is 0 Å². The van der Waals surface area contributed by atoms with E-state index in [-0.39, 0.29) is 5.91 Å². The minimum atomic E-state index is 0.0335. The molecule has 1 aliphatic heterocycles. The Morgan fingerprint density at radius 3 is 2.32 bits per heavy atom. The van der Waals surface area contributed by atoms with Crippen LogP contribution in [-0.2, 0) is 4.79 Å². The number of anilines is 2. The van der Waals surface area contributed by atoms with E-state index in [1.807, 2.05) is 20.8 Å². The largest absolute Gasteiger partial charge is 0.341 e. The fourth-order valence-electron chi connectivity index (χ4n) is 2.37. The minimum Gasteiger partial charge on any atom is -0.341 e. The van der Waals surface area contributed by atoms with E-state index in [9.17, 15) is 4.79 Å². The van der Waals surface area contributed by atoms with Gasteiger partial charge < -0.3 is 10.2 Å². The Hall–Kier alpha value is -1.65. The summed E-state index contributed by atoms with van der Waals surface area (Å²) in [6.45, 7) is 7.90. The third kappa shape index (κ3) is 3.22. The lowest BCUT2D eigenvalue weighted by Gasteiger charge is -2.18. The third-order valence-corrected chi connectivity index (χ3v) is 3.39. The summed E-state index contributed by atoms with van der Waals surface area (Å²) in [5, 5.41) is 2.91. The molecule has 0 bridgehead atoms. The molecule has 1 amide bonds. The molecule has 0 unspecified atom stereocenters. The second kappa shape index (κ2) is 5.99. The molecule has 1 saturated heterocycles. The quantitative estimate of drug-likeness (QED) is 0.905. The molecule has 104 valence electrons. The second-order valence-corrected chi connectivity index (χ2v) is 5.06. The number of amides is 1. The highest BCUT2D eigenvalue weighted by atomic mass is 16.1. The summed E-state index contributed by atoms with van der Waals surface area (Å²) in [6, 6.07) is 0. The first-order valence-electron chi connectivity index (χ1n) is 7.02. The Bertz CT molecular complexity index is 444. The van der Waals surface area contributed by atoms with Crippen molar-refractivity contribution in [1.82, 2.24) is 9.97 Å². The minimum absolute atomic E-state index is 0.0335. The van der Waals surface area contributed by atoms with Crippen LogP contribution >= 0.6 is 0 Å². The van der Waals surface area contributed by atoms with E-state index in [0.717, 1.165) is 42.5 Å². The molecule has 1 aliphatic rings. The number of aryl methyl sites for hydroxylation is 2. The molecular weight excluding hydrogens is 240 g/mol. The van der Waals surface area contributed by atoms with Crippen LogP contribution in [0.2, 0.25) is 0 Å². The molecule has 19 heavy (non-hydrogen) atoms. The third-order valence-electron chi connectivity index (χ3n) is 3.39. The molecule has 5 heteroatoms. The molecular formula is C14H22N4O. The molecule has 0 aromatic carbocycles. The van der Waals surface area contributed by atoms with Crippen LogP contribution in [-0.4, -0.2) is 29.0 Å². The molecule has 0 aliphatic carbocycles. The first-order chi connectivity index (χ1) is 9.11. The fourth-order valence-corrected chi connectivity index (χ4v) is 2.37. The zero-order valence-corrected chi connectivity index (χ0v) is 12.0. The summed E-state index contributed by atoms with van der Waals surface area (Å²) in [4.78, 5) is 22.9. The van der Waals surface area contributed by atoms with Crippen molar-refractivity contribution in [1.29, 1.82) is 0 Å². The van der Waals surface area contributed by atoms with Gasteiger partial charge in [0.25, 0.3) is 0 Å². The highest BCUT2D eigenvalue weighted by molar-refractivity contribution is 5.91. The van der Waals surface area contributed by atoms with E-state index in [2.05, 4.69) is 20.2 Å². The molecule has 0 radical (unpaired) electrons. The van der Waals surface area contributed by atoms with Crippen molar-refractivity contribution in [3.8, 4) is 0 Å². The zero-order chi connectivity index (χ0) is 13.8. The van der Waals surface area contributed by atoms with Crippen LogP contribution in [0.1, 0.15) is 44.0 Å². The van der Waals surface area contributed by atoms with Crippen LogP contribution in [0.25, 0.3) is 0 Å². The zero-order valence-electron chi connectivity index (χ0n) is 12.0. The number of carbonyl (C=O) groups excluding carboxylic acids is 1. The van der Waals surface area contributed by atoms with Gasteiger partial charge in [-0.2, -0.15) is 0 Å². The van der Waals surface area contributed by atoms with Crippen molar-refractivity contribution in [2.45, 2.75) is 46.5 Å². The predicted octanol–water partition coefficient (Wildman–Crippen LogP) is 2.43. The number of carbonyl (C=O) groups is 1. The van der Waals surface area contributed by atoms with Gasteiger partial charge in [-0.05, 0) is 33.1 Å². The fraction of sp³-hybridized carbons (Fsp3) is 0.643. The van der Waals surface area contributed by atoms with Crippen molar-refractivity contribution in [3.63, 3.8) is 0 Å². The Morgan fingerprint density at radius 1 is 1.21 bits per heavy atom. The summed E-state index contributed by atoms with van der Waals surface area (Å²) in [5.41, 5.74) is 2.46. The van der Waals surface area contributed by atoms with E-state index in [0.29, 0.717) is 6.42 Å². The van der Waals surface area contributed by atoms with Gasteiger partial charge in [0, 0.05) is 19.5 Å². The monoisotopic (exact) mass is 262 g/mol. The number of aromatic nitrogens is 2. The molecule has 1 fully saturated rings. The average molecular weight is 262 g/mol. The number of nitrogens with zero attached hydrogens (tertiary/aromatic N) is 3. The molecule has 2 rings (SSSR count). The van der Waals surface area contributed by atoms with Crippen molar-refractivity contribution < 1.29 is 4.79 Å². The normalized spacial score (nSPS) is 14.8. The molecule has 1 N–H and O–H groups in total. The van der Waals surface area contributed by atoms with Crippen molar-refractivity contribution >= 4 is 17.5 Å². The van der Waals surface area contributed by atoms with Crippen LogP contribution in [0.4, 0.5) is 11.6 Å². The number of hydrogen-bond donors (Lipinski definition) is 1. The maximum atomic E-state index is 11.7. The van der Waals surface area contributed by atoms with Crippen LogP contribution in [0.15, 0.2) is 0 Å². The SMILES string of the molecule is CCCC(=O)Nc1c(C)nc(N2CCCC2)nc1C. The molecule has 0 saturated carbocycles. The van der Waals surface area contributed by atoms with E-state index >= 15 is 0 Å². The number of hydrogen-bond acceptors (Lipinski definition) is 4. The van der Waals surface area contributed by atoms with Gasteiger partial charge in [0.1, 0.15) is 0 Å². The molecule has 1 aromatic rings. The Balaban J connectivity index is 2.19. The van der Waals surface area contributed by atoms with Gasteiger partial charge in [0.05, 0.1) is 17.1 Å². The Labute approximate surface area is 114 Å². The highest BCUT2D eigenvalue weighted by Crippen LogP contribution is 2.22. The molecule has 2 heterocycles. The van der Waals surface area contributed by atoms with Crippen molar-refractivity contribution in [2.75, 3.05) is 23.3 Å². The summed E-state index contributed by atoms with van der Waals surface area (Å²) in [5.74, 6) is 0.826. The Morgan fingerprint density at radius 2 is 1.79 bits per heavy atom. The first kappa shape index (κ1) is 13.8. The maximum Gasteiger partial charge on any atom is 0.225 e. The highest BCUT2D eigenvalue weighted by Gasteiger charge is 2.18. The molecule has 0 atom stereocenters. The van der Waals surface area contributed by atoms with Crippen molar-refractivity contribution in [3.05, 3.63) is 11.4 Å². The summed E-state index contributed by atoms with van der Waals surface area (Å²) < 4.78 is 0. The van der Waals surface area contributed by atoms with Crippen LogP contribution in [0.5, 0.6) is 0 Å². The van der Waals surface area contributed by atoms with E-state index < -0.39 is 0 Å². The summed E-state index contributed by atoms with van der Waals surface area (Å²) >= 11 is 0. The van der Waals surface area contributed by atoms with Crippen LogP contribution in [0.3, 0.4) is 0 Å². The number of nitrogens with one attached hydrogen (secondary N) is 1. The lowest BCUT2D eigenvalue weighted by molar-refractivity contribution is -0.116. The van der Waals surface area contributed by atoms with Gasteiger partial charge in [-0.25, -0.2) is 9.97 Å². The number of rotatable bonds is 4. The molecule has 0 spiro atoms. The predicted molar refractivity (Wildman–Crippen MR) is 76.5 cm³/mol. The van der Waals surface area contributed by atoms with E-state index in [1.54, 1.807) is 0 Å². The second-order valence-electron chi connectivity index (χ2n) is 5.06. The van der Waals surface area contributed by atoms with Gasteiger partial charge in [-0.3, -0.25) is 4.79 Å². The molecule has 1 aromatic heterocycles. The topological polar surface area (TPSA) is 58.1 Å². The van der Waals surface area contributed by atoms with Gasteiger partial charge in [0.15, 0.2) is 0 Å². The van der Waals surface area contributed by atoms with Gasteiger partial charge in [0.2, 0.25) is 11.9 Å². The lowest BCUT2D eigenvalue weighted by atomic mass is 10.2. The first-order valence-corrected chi connectivity index (χ1v) is 7.02. The van der Waals surface area contributed by atoms with Crippen LogP contribution < -0.4 is 10.2 Å². The molecule has 5 nitrogen and oxygen atoms in total. The maximum absolute atomic E-state index is 11.7. The smallest absolute Gasteiger partial charge is 0.225 e. The van der Waals surface area contributed by atoms with Crippen molar-refractivity contribution in [2.24, 2.45) is 0 Å².